The van der Waals surface area contributed by atoms with Crippen LogP contribution in [0.2, 0.25) is 0 Å². The first-order valence-corrected chi connectivity index (χ1v) is 9.36. The maximum atomic E-state index is 12.8. The average Bonchev–Trinajstić information content (AvgIpc) is 2.68. The minimum absolute atomic E-state index is 0.110. The molecule has 130 valence electrons. The fourth-order valence-electron chi connectivity index (χ4n) is 3.47. The van der Waals surface area contributed by atoms with Gasteiger partial charge in [-0.05, 0) is 36.0 Å². The van der Waals surface area contributed by atoms with Gasteiger partial charge in [0.1, 0.15) is 0 Å². The Morgan fingerprint density at radius 3 is 1.88 bits per heavy atom. The first-order chi connectivity index (χ1) is 12.3. The highest BCUT2D eigenvalue weighted by Crippen LogP contribution is 2.24. The molecule has 0 aromatic heterocycles. The molecule has 1 saturated carbocycles. The van der Waals surface area contributed by atoms with Gasteiger partial charge in [-0.25, -0.2) is 0 Å². The van der Waals surface area contributed by atoms with E-state index in [9.17, 15) is 4.79 Å². The van der Waals surface area contributed by atoms with Crippen LogP contribution < -0.4 is 0 Å². The smallest absolute Gasteiger partial charge is 0.246 e. The van der Waals surface area contributed by atoms with Crippen LogP contribution in [0.4, 0.5) is 0 Å². The predicted octanol–water partition coefficient (Wildman–Crippen LogP) is 5.35. The van der Waals surface area contributed by atoms with E-state index in [-0.39, 0.29) is 5.91 Å². The van der Waals surface area contributed by atoms with Gasteiger partial charge < -0.3 is 4.90 Å². The molecule has 3 rings (SSSR count). The van der Waals surface area contributed by atoms with Gasteiger partial charge in [0.05, 0.1) is 0 Å². The second-order valence-electron chi connectivity index (χ2n) is 6.92. The van der Waals surface area contributed by atoms with E-state index in [1.165, 1.54) is 32.1 Å². The Morgan fingerprint density at radius 2 is 1.36 bits per heavy atom. The molecule has 2 aromatic carbocycles. The van der Waals surface area contributed by atoms with Crippen molar-refractivity contribution in [3.8, 4) is 0 Å². The second kappa shape index (κ2) is 9.22. The van der Waals surface area contributed by atoms with Crippen molar-refractivity contribution in [1.82, 2.24) is 4.90 Å². The third kappa shape index (κ3) is 5.60. The summed E-state index contributed by atoms with van der Waals surface area (Å²) < 4.78 is 0. The molecule has 25 heavy (non-hydrogen) atoms. The monoisotopic (exact) mass is 333 g/mol. The molecular weight excluding hydrogens is 306 g/mol. The number of nitrogens with zero attached hydrogens (tertiary/aromatic N) is 1. The molecule has 1 aliphatic carbocycles. The third-order valence-electron chi connectivity index (χ3n) is 4.90. The van der Waals surface area contributed by atoms with Crippen LogP contribution >= 0.6 is 0 Å². The predicted molar refractivity (Wildman–Crippen MR) is 103 cm³/mol. The van der Waals surface area contributed by atoms with Crippen molar-refractivity contribution in [3.63, 3.8) is 0 Å². The number of carbonyl (C=O) groups is 1. The summed E-state index contributed by atoms with van der Waals surface area (Å²) in [6, 6.07) is 20.4. The Labute approximate surface area is 151 Å². The van der Waals surface area contributed by atoms with Crippen molar-refractivity contribution in [1.29, 1.82) is 0 Å². The fourth-order valence-corrected chi connectivity index (χ4v) is 3.47. The first-order valence-electron chi connectivity index (χ1n) is 9.36. The van der Waals surface area contributed by atoms with Crippen LogP contribution in [0.25, 0.3) is 0 Å². The van der Waals surface area contributed by atoms with Gasteiger partial charge in [-0.3, -0.25) is 4.79 Å². The molecule has 2 nitrogen and oxygen atoms in total. The number of carbonyl (C=O) groups excluding carboxylic acids is 1. The summed E-state index contributed by atoms with van der Waals surface area (Å²) in [4.78, 5) is 14.8. The highest BCUT2D eigenvalue weighted by Gasteiger charge is 2.14. The fraction of sp³-hybridized carbons (Fsp3) is 0.348. The zero-order chi connectivity index (χ0) is 17.3. The van der Waals surface area contributed by atoms with Gasteiger partial charge in [0.15, 0.2) is 0 Å². The van der Waals surface area contributed by atoms with Crippen LogP contribution in [0, 0.1) is 5.92 Å². The summed E-state index contributed by atoms with van der Waals surface area (Å²) in [5.74, 6) is 0.686. The van der Waals surface area contributed by atoms with Crippen molar-refractivity contribution in [2.75, 3.05) is 0 Å². The molecule has 0 aliphatic heterocycles. The normalized spacial score (nSPS) is 15.4. The average molecular weight is 333 g/mol. The molecule has 0 bridgehead atoms. The summed E-state index contributed by atoms with van der Waals surface area (Å²) in [6.07, 6.45) is 10.3. The number of hydrogen-bond donors (Lipinski definition) is 0. The van der Waals surface area contributed by atoms with E-state index in [4.69, 9.17) is 0 Å². The van der Waals surface area contributed by atoms with Crippen LogP contribution in [-0.2, 0) is 17.9 Å². The molecular formula is C23H27NO. The lowest BCUT2D eigenvalue weighted by molar-refractivity contribution is -0.127. The quantitative estimate of drug-likeness (QED) is 0.652. The molecule has 2 aromatic rings. The summed E-state index contributed by atoms with van der Waals surface area (Å²) in [6.45, 7) is 1.28. The van der Waals surface area contributed by atoms with Gasteiger partial charge in [0, 0.05) is 13.1 Å². The van der Waals surface area contributed by atoms with Crippen molar-refractivity contribution in [2.45, 2.75) is 45.2 Å². The van der Waals surface area contributed by atoms with Crippen LogP contribution in [-0.4, -0.2) is 10.8 Å². The first kappa shape index (κ1) is 17.5. The number of allylic oxidation sites excluding steroid dienone is 1. The second-order valence-corrected chi connectivity index (χ2v) is 6.92. The molecule has 0 radical (unpaired) electrons. The van der Waals surface area contributed by atoms with Gasteiger partial charge in [-0.1, -0.05) is 86.0 Å². The van der Waals surface area contributed by atoms with Gasteiger partial charge >= 0.3 is 0 Å². The maximum Gasteiger partial charge on any atom is 0.246 e. The lowest BCUT2D eigenvalue weighted by Crippen LogP contribution is -2.28. The van der Waals surface area contributed by atoms with E-state index in [0.29, 0.717) is 19.0 Å². The summed E-state index contributed by atoms with van der Waals surface area (Å²) >= 11 is 0. The molecule has 1 amide bonds. The van der Waals surface area contributed by atoms with E-state index in [0.717, 1.165) is 11.1 Å². The van der Waals surface area contributed by atoms with Crippen molar-refractivity contribution >= 4 is 5.91 Å². The number of rotatable bonds is 6. The highest BCUT2D eigenvalue weighted by atomic mass is 16.2. The summed E-state index contributed by atoms with van der Waals surface area (Å²) in [7, 11) is 0. The topological polar surface area (TPSA) is 20.3 Å². The number of benzene rings is 2. The maximum absolute atomic E-state index is 12.8. The summed E-state index contributed by atoms with van der Waals surface area (Å²) in [5, 5.41) is 0. The van der Waals surface area contributed by atoms with Crippen molar-refractivity contribution in [3.05, 3.63) is 83.9 Å². The molecule has 1 aliphatic rings. The van der Waals surface area contributed by atoms with Gasteiger partial charge in [-0.15, -0.1) is 0 Å². The Morgan fingerprint density at radius 1 is 0.840 bits per heavy atom. The summed E-state index contributed by atoms with van der Waals surface area (Å²) in [5.41, 5.74) is 2.33. The largest absolute Gasteiger partial charge is 0.331 e. The van der Waals surface area contributed by atoms with Gasteiger partial charge in [-0.2, -0.15) is 0 Å². The zero-order valence-electron chi connectivity index (χ0n) is 14.8. The van der Waals surface area contributed by atoms with Crippen molar-refractivity contribution in [2.24, 2.45) is 5.92 Å². The Hall–Kier alpha value is -2.35. The van der Waals surface area contributed by atoms with E-state index in [2.05, 4.69) is 30.3 Å². The van der Waals surface area contributed by atoms with E-state index >= 15 is 0 Å². The van der Waals surface area contributed by atoms with E-state index in [1.54, 1.807) is 0 Å². The molecule has 0 N–H and O–H groups in total. The van der Waals surface area contributed by atoms with E-state index < -0.39 is 0 Å². The Kier molecular flexibility index (Phi) is 6.44. The molecule has 0 unspecified atom stereocenters. The Balaban J connectivity index is 1.70. The van der Waals surface area contributed by atoms with Crippen LogP contribution in [0.1, 0.15) is 43.2 Å². The molecule has 0 saturated heterocycles. The number of amides is 1. The van der Waals surface area contributed by atoms with Crippen molar-refractivity contribution < 1.29 is 4.79 Å². The Bertz CT molecular complexity index is 630. The van der Waals surface area contributed by atoms with Gasteiger partial charge in [0.25, 0.3) is 0 Å². The third-order valence-corrected chi connectivity index (χ3v) is 4.90. The minimum Gasteiger partial charge on any atom is -0.331 e. The minimum atomic E-state index is 0.110. The van der Waals surface area contributed by atoms with Gasteiger partial charge in [0.2, 0.25) is 5.91 Å². The lowest BCUT2D eigenvalue weighted by atomic mass is 9.89. The molecule has 2 heteroatoms. The van der Waals surface area contributed by atoms with E-state index in [1.807, 2.05) is 47.4 Å². The molecule has 0 spiro atoms. The lowest BCUT2D eigenvalue weighted by Gasteiger charge is -2.23. The molecule has 0 heterocycles. The highest BCUT2D eigenvalue weighted by molar-refractivity contribution is 5.87. The standard InChI is InChI=1S/C23H27NO/c25-23(17-16-20-10-4-1-5-11-20)24(18-21-12-6-2-7-13-21)19-22-14-8-3-9-15-22/h2-3,6-9,12-17,20H,1,4-5,10-11,18-19H2/b17-16-. The van der Waals surface area contributed by atoms with Crippen LogP contribution in [0.3, 0.4) is 0 Å². The van der Waals surface area contributed by atoms with Crippen LogP contribution in [0.15, 0.2) is 72.8 Å². The van der Waals surface area contributed by atoms with Crippen LogP contribution in [0.5, 0.6) is 0 Å². The zero-order valence-corrected chi connectivity index (χ0v) is 14.8. The number of hydrogen-bond acceptors (Lipinski definition) is 1. The molecule has 1 fully saturated rings. The SMILES string of the molecule is O=C(/C=C\C1CCCCC1)N(Cc1ccccc1)Cc1ccccc1. The molecule has 0 atom stereocenters.